The van der Waals surface area contributed by atoms with Crippen LogP contribution in [0.5, 0.6) is 0 Å². The van der Waals surface area contributed by atoms with Crippen molar-refractivity contribution < 1.29 is 14.7 Å². The number of rotatable bonds is 1. The van der Waals surface area contributed by atoms with Crippen molar-refractivity contribution >= 4 is 8.09 Å². The molecule has 0 aliphatic heterocycles. The molecule has 0 fully saturated rings. The van der Waals surface area contributed by atoms with Gasteiger partial charge in [-0.3, -0.25) is 0 Å². The number of hydrogen-bond donors (Lipinski definition) is 5. The monoisotopic (exact) mass is 211 g/mol. The predicted octanol–water partition coefficient (Wildman–Crippen LogP) is -3.54. The Morgan fingerprint density at radius 1 is 1.00 bits per heavy atom. The number of aromatic amines is 2. The van der Waals surface area contributed by atoms with Crippen molar-refractivity contribution in [1.29, 1.82) is 0 Å². The molecule has 5 N–H and O–H groups in total. The van der Waals surface area contributed by atoms with Gasteiger partial charge in [0, 0.05) is 0 Å². The molecular formula is C3H6N3O6P. The molecule has 10 heteroatoms. The van der Waals surface area contributed by atoms with Crippen LogP contribution in [0.25, 0.3) is 0 Å². The van der Waals surface area contributed by atoms with Crippen LogP contribution in [-0.4, -0.2) is 29.0 Å². The third kappa shape index (κ3) is 1.90. The summed E-state index contributed by atoms with van der Waals surface area (Å²) in [4.78, 5) is 60.8. The van der Waals surface area contributed by atoms with Crippen molar-refractivity contribution in [2.24, 2.45) is 0 Å². The van der Waals surface area contributed by atoms with E-state index in [0.29, 0.717) is 0 Å². The number of aromatic nitrogens is 3. The molecule has 0 saturated carbocycles. The molecule has 74 valence electrons. The van der Waals surface area contributed by atoms with Gasteiger partial charge < -0.3 is 0 Å². The molecule has 0 amide bonds. The Labute approximate surface area is 69.6 Å². The number of H-pyrrole nitrogens is 2. The molecule has 0 aliphatic carbocycles. The van der Waals surface area contributed by atoms with E-state index >= 15 is 0 Å². The van der Waals surface area contributed by atoms with Gasteiger partial charge in [0.05, 0.1) is 0 Å². The Hall–Kier alpha value is -1.28. The molecule has 0 radical (unpaired) electrons. The van der Waals surface area contributed by atoms with Crippen LogP contribution in [0.4, 0.5) is 0 Å². The third-order valence-electron chi connectivity index (χ3n) is 1.15. The predicted molar refractivity (Wildman–Crippen MR) is 42.3 cm³/mol. The van der Waals surface area contributed by atoms with Crippen molar-refractivity contribution in [3.63, 3.8) is 0 Å². The fraction of sp³-hybridized carbons (Fsp3) is 0. The van der Waals surface area contributed by atoms with Crippen LogP contribution >= 0.6 is 8.09 Å². The second kappa shape index (κ2) is 2.89. The normalized spacial score (nSPS) is 12.8. The van der Waals surface area contributed by atoms with Gasteiger partial charge in [0.15, 0.2) is 0 Å². The minimum absolute atomic E-state index is 0.242. The summed E-state index contributed by atoms with van der Waals surface area (Å²) in [5, 5.41) is 0. The first-order valence-corrected chi connectivity index (χ1v) is 4.74. The van der Waals surface area contributed by atoms with Gasteiger partial charge in [-0.05, 0) is 0 Å². The molecule has 1 rings (SSSR count). The van der Waals surface area contributed by atoms with E-state index in [1.165, 1.54) is 9.97 Å². The fourth-order valence-corrected chi connectivity index (χ4v) is 1.36. The second-order valence-electron chi connectivity index (χ2n) is 2.12. The average Bonchev–Trinajstić information content (AvgIpc) is 1.78. The van der Waals surface area contributed by atoms with Crippen molar-refractivity contribution in [2.75, 3.05) is 0 Å². The minimum atomic E-state index is -5.06. The summed E-state index contributed by atoms with van der Waals surface area (Å²) < 4.78 is -0.242. The summed E-state index contributed by atoms with van der Waals surface area (Å²) in [6, 6.07) is 0. The van der Waals surface area contributed by atoms with Gasteiger partial charge in [0.1, 0.15) is 0 Å². The molecule has 0 atom stereocenters. The van der Waals surface area contributed by atoms with E-state index in [0.717, 1.165) is 0 Å². The SMILES string of the molecule is O=c1[nH]c(=O)n([PH](O)(O)O)c(=O)[nH]1. The third-order valence-corrected chi connectivity index (χ3v) is 2.15. The van der Waals surface area contributed by atoms with Crippen LogP contribution in [0.15, 0.2) is 14.4 Å². The number of nitrogens with one attached hydrogen (secondary N) is 2. The fourth-order valence-electron chi connectivity index (χ4n) is 0.702. The van der Waals surface area contributed by atoms with Crippen molar-refractivity contribution in [1.82, 2.24) is 14.3 Å². The molecule has 9 nitrogen and oxygen atoms in total. The van der Waals surface area contributed by atoms with Crippen LogP contribution in [0, 0.1) is 0 Å². The summed E-state index contributed by atoms with van der Waals surface area (Å²) in [6.45, 7) is 0. The van der Waals surface area contributed by atoms with Crippen LogP contribution < -0.4 is 17.1 Å². The first kappa shape index (κ1) is 9.81. The maximum atomic E-state index is 10.7. The zero-order valence-corrected chi connectivity index (χ0v) is 7.01. The van der Waals surface area contributed by atoms with Crippen molar-refractivity contribution in [2.45, 2.75) is 0 Å². The van der Waals surface area contributed by atoms with Gasteiger partial charge in [-0.25, -0.2) is 0 Å². The van der Waals surface area contributed by atoms with E-state index < -0.39 is 25.2 Å². The maximum absolute atomic E-state index is 10.7. The summed E-state index contributed by atoms with van der Waals surface area (Å²) in [5.41, 5.74) is -3.86. The molecular weight excluding hydrogens is 205 g/mol. The zero-order valence-electron chi connectivity index (χ0n) is 6.01. The molecule has 0 aliphatic rings. The number of hydrogen-bond acceptors (Lipinski definition) is 6. The summed E-state index contributed by atoms with van der Waals surface area (Å²) in [5.74, 6) is 0. The molecule has 1 aromatic rings. The summed E-state index contributed by atoms with van der Waals surface area (Å²) >= 11 is 0. The van der Waals surface area contributed by atoms with Crippen LogP contribution in [0.1, 0.15) is 0 Å². The number of nitrogens with zero attached hydrogens (tertiary/aromatic N) is 1. The molecule has 0 spiro atoms. The Bertz CT molecular complexity index is 441. The Balaban J connectivity index is 3.67. The zero-order chi connectivity index (χ0) is 10.2. The Kier molecular flexibility index (Phi) is 2.18. The van der Waals surface area contributed by atoms with Crippen LogP contribution in [0.3, 0.4) is 0 Å². The average molecular weight is 211 g/mol. The molecule has 1 heterocycles. The first-order chi connectivity index (χ1) is 5.82. The molecule has 13 heavy (non-hydrogen) atoms. The first-order valence-electron chi connectivity index (χ1n) is 2.95. The molecule has 0 unspecified atom stereocenters. The molecule has 1 aromatic heterocycles. The van der Waals surface area contributed by atoms with E-state index in [1.54, 1.807) is 0 Å². The molecule has 0 aromatic carbocycles. The topological polar surface area (TPSA) is 148 Å². The van der Waals surface area contributed by atoms with E-state index in [4.69, 9.17) is 14.7 Å². The molecule has 0 bridgehead atoms. The van der Waals surface area contributed by atoms with Gasteiger partial charge in [-0.2, -0.15) is 0 Å². The van der Waals surface area contributed by atoms with Gasteiger partial charge in [0.2, 0.25) is 0 Å². The summed E-state index contributed by atoms with van der Waals surface area (Å²) in [7, 11) is -5.06. The molecule has 0 saturated heterocycles. The van der Waals surface area contributed by atoms with Crippen LogP contribution in [-0.2, 0) is 0 Å². The summed E-state index contributed by atoms with van der Waals surface area (Å²) in [6.07, 6.45) is 0. The van der Waals surface area contributed by atoms with E-state index in [-0.39, 0.29) is 4.34 Å². The van der Waals surface area contributed by atoms with Crippen molar-refractivity contribution in [3.8, 4) is 0 Å². The van der Waals surface area contributed by atoms with Crippen molar-refractivity contribution in [3.05, 3.63) is 31.5 Å². The van der Waals surface area contributed by atoms with Gasteiger partial charge >= 0.3 is 68.5 Å². The van der Waals surface area contributed by atoms with Gasteiger partial charge in [0.25, 0.3) is 0 Å². The van der Waals surface area contributed by atoms with E-state index in [2.05, 4.69) is 0 Å². The van der Waals surface area contributed by atoms with Gasteiger partial charge in [-0.1, -0.05) is 0 Å². The Morgan fingerprint density at radius 3 is 1.69 bits per heavy atom. The van der Waals surface area contributed by atoms with E-state index in [9.17, 15) is 14.4 Å². The quantitative estimate of drug-likeness (QED) is 0.304. The second-order valence-corrected chi connectivity index (χ2v) is 3.77. The Morgan fingerprint density at radius 2 is 1.38 bits per heavy atom. The van der Waals surface area contributed by atoms with Gasteiger partial charge in [-0.15, -0.1) is 0 Å². The standard InChI is InChI=1S/C3H6N3O6P/c7-1-4-2(8)6(3(9)5-1)13(10,11)12/h10-13H,(H2,4,5,7,8,9). The van der Waals surface area contributed by atoms with Crippen LogP contribution in [0.2, 0.25) is 0 Å². The van der Waals surface area contributed by atoms with E-state index in [1.807, 2.05) is 0 Å².